The van der Waals surface area contributed by atoms with E-state index in [4.69, 9.17) is 19.3 Å². The molecular weight excluding hydrogens is 619 g/mol. The molecule has 0 aliphatic rings. The van der Waals surface area contributed by atoms with E-state index in [1.54, 1.807) is 26.4 Å². The summed E-state index contributed by atoms with van der Waals surface area (Å²) in [6, 6.07) is 7.34. The summed E-state index contributed by atoms with van der Waals surface area (Å²) in [5, 5.41) is 30.3. The van der Waals surface area contributed by atoms with E-state index in [1.807, 2.05) is 53.7 Å². The first-order chi connectivity index (χ1) is 21.4. The van der Waals surface area contributed by atoms with Gasteiger partial charge in [0, 0.05) is 32.5 Å². The minimum absolute atomic E-state index is 0. The molecule has 2 heterocycles. The van der Waals surface area contributed by atoms with Gasteiger partial charge in [0.05, 0.1) is 18.2 Å². The Hall–Kier alpha value is -3.50. The van der Waals surface area contributed by atoms with Gasteiger partial charge in [-0.05, 0) is 60.1 Å². The fraction of sp³-hybridized carbons (Fsp3) is 0.438. The van der Waals surface area contributed by atoms with Crippen LogP contribution in [0.15, 0.2) is 24.3 Å². The van der Waals surface area contributed by atoms with Gasteiger partial charge in [0.25, 0.3) is 0 Å². The van der Waals surface area contributed by atoms with Crippen molar-refractivity contribution in [1.82, 2.24) is 30.4 Å². The number of nitrogens with one attached hydrogen (secondary N) is 2. The molecule has 252 valence electrons. The number of rotatable bonds is 10. The fourth-order valence-corrected chi connectivity index (χ4v) is 4.60. The van der Waals surface area contributed by atoms with E-state index < -0.39 is 5.97 Å². The number of aromatic amines is 2. The number of methoxy groups -OCH3 is 3. The number of carboxylic acids is 1. The smallest absolute Gasteiger partial charge is 0.870 e. The number of hydrogen-bond donors (Lipinski definition) is 4. The number of ether oxygens (including phenoxy) is 3. The normalized spacial score (nSPS) is 10.2. The summed E-state index contributed by atoms with van der Waals surface area (Å²) in [6.07, 6.45) is 0. The molecule has 0 saturated carbocycles. The molecule has 0 bridgehead atoms. The van der Waals surface area contributed by atoms with Crippen LogP contribution in [0.25, 0.3) is 22.8 Å². The molecule has 0 atom stereocenters. The van der Waals surface area contributed by atoms with Crippen LogP contribution in [0.5, 0.6) is 0 Å². The molecule has 15 heteroatoms. The summed E-state index contributed by atoms with van der Waals surface area (Å²) in [5.74, 6) is 1.35. The molecule has 4 rings (SSSR count). The van der Waals surface area contributed by atoms with Gasteiger partial charge in [-0.2, -0.15) is 10.2 Å². The molecule has 4 aromatic rings. The van der Waals surface area contributed by atoms with E-state index in [0.29, 0.717) is 47.6 Å². The van der Waals surface area contributed by atoms with Crippen LogP contribution in [0.3, 0.4) is 0 Å². The number of hydrogen-bond acceptors (Lipinski definition) is 11. The first-order valence-corrected chi connectivity index (χ1v) is 14.3. The van der Waals surface area contributed by atoms with Gasteiger partial charge in [-0.25, -0.2) is 19.6 Å². The quantitative estimate of drug-likeness (QED) is 0.142. The Balaban J connectivity index is 0.000000823. The Morgan fingerprint density at radius 3 is 1.47 bits per heavy atom. The largest absolute Gasteiger partial charge is 1.00 e. The summed E-state index contributed by atoms with van der Waals surface area (Å²) < 4.78 is 14.9. The van der Waals surface area contributed by atoms with Crippen LogP contribution in [0.1, 0.15) is 94.1 Å². The topological polar surface area (TPSA) is 215 Å². The van der Waals surface area contributed by atoms with E-state index in [0.717, 1.165) is 40.5 Å². The second kappa shape index (κ2) is 20.7. The SMILES string of the molecule is CO.COCc1nc(-c2cc(C(=O)O)c(C(C)C)cc2C)n[nH]1.COCc1nc(-c2cc(C(=O)OC)c(C(C)C)cc2C)n[nH]1.[Na+].[OH-]. The zero-order chi connectivity index (χ0) is 33.8. The summed E-state index contributed by atoms with van der Waals surface area (Å²) in [7, 11) is 5.56. The zero-order valence-electron chi connectivity index (χ0n) is 29.1. The molecule has 0 aliphatic heterocycles. The number of carboxylic acid groups (broad SMARTS) is 1. The fourth-order valence-electron chi connectivity index (χ4n) is 4.60. The van der Waals surface area contributed by atoms with E-state index in [9.17, 15) is 14.7 Å². The van der Waals surface area contributed by atoms with Crippen LogP contribution < -0.4 is 29.6 Å². The molecule has 14 nitrogen and oxygen atoms in total. The molecule has 2 aromatic carbocycles. The number of aliphatic hydroxyl groups excluding tert-OH is 1. The van der Waals surface area contributed by atoms with Crippen molar-refractivity contribution in [2.24, 2.45) is 0 Å². The van der Waals surface area contributed by atoms with Gasteiger partial charge in [-0.15, -0.1) is 0 Å². The average Bonchev–Trinajstić information content (AvgIpc) is 3.68. The molecule has 0 fully saturated rings. The summed E-state index contributed by atoms with van der Waals surface area (Å²) >= 11 is 0. The van der Waals surface area contributed by atoms with Crippen molar-refractivity contribution < 1.29 is 69.0 Å². The first kappa shape index (κ1) is 43.5. The molecule has 5 N–H and O–H groups in total. The minimum Gasteiger partial charge on any atom is -0.870 e. The van der Waals surface area contributed by atoms with Crippen LogP contribution in [0.2, 0.25) is 0 Å². The molecule has 0 amide bonds. The second-order valence-corrected chi connectivity index (χ2v) is 10.7. The van der Waals surface area contributed by atoms with E-state index >= 15 is 0 Å². The third kappa shape index (κ3) is 11.3. The summed E-state index contributed by atoms with van der Waals surface area (Å²) in [5.41, 5.74) is 6.11. The number of carbonyl (C=O) groups is 2. The van der Waals surface area contributed by atoms with Gasteiger partial charge in [-0.1, -0.05) is 39.8 Å². The van der Waals surface area contributed by atoms with Gasteiger partial charge < -0.3 is 29.9 Å². The molecule has 0 radical (unpaired) electrons. The number of benzene rings is 2. The number of H-pyrrole nitrogens is 2. The number of aromatic nitrogens is 6. The van der Waals surface area contributed by atoms with Gasteiger partial charge in [0.2, 0.25) is 0 Å². The average molecular weight is 665 g/mol. The molecule has 0 saturated heterocycles. The number of carbonyl (C=O) groups excluding carboxylic acids is 1. The third-order valence-electron chi connectivity index (χ3n) is 6.78. The van der Waals surface area contributed by atoms with Gasteiger partial charge in [0.1, 0.15) is 13.2 Å². The van der Waals surface area contributed by atoms with Crippen molar-refractivity contribution in [2.45, 2.75) is 66.6 Å². The summed E-state index contributed by atoms with van der Waals surface area (Å²) in [4.78, 5) is 32.2. The maximum absolute atomic E-state index is 12.1. The van der Waals surface area contributed by atoms with Gasteiger partial charge in [0.15, 0.2) is 23.3 Å². The maximum atomic E-state index is 12.1. The van der Waals surface area contributed by atoms with E-state index in [-0.39, 0.29) is 52.8 Å². The van der Waals surface area contributed by atoms with Crippen LogP contribution in [0, 0.1) is 13.8 Å². The van der Waals surface area contributed by atoms with Crippen LogP contribution in [0.4, 0.5) is 0 Å². The number of aryl methyl sites for hydroxylation is 2. The van der Waals surface area contributed by atoms with Crippen molar-refractivity contribution in [1.29, 1.82) is 0 Å². The monoisotopic (exact) mass is 664 g/mol. The number of aromatic carboxylic acids is 1. The van der Waals surface area contributed by atoms with Crippen molar-refractivity contribution >= 4 is 11.9 Å². The Labute approximate surface area is 297 Å². The van der Waals surface area contributed by atoms with Crippen LogP contribution >= 0.6 is 0 Å². The third-order valence-corrected chi connectivity index (χ3v) is 6.78. The number of nitrogens with zero attached hydrogens (tertiary/aromatic N) is 4. The predicted octanol–water partition coefficient (Wildman–Crippen LogP) is 2.02. The summed E-state index contributed by atoms with van der Waals surface area (Å²) in [6.45, 7) is 12.7. The molecule has 2 aromatic heterocycles. The van der Waals surface area contributed by atoms with E-state index in [2.05, 4.69) is 30.4 Å². The van der Waals surface area contributed by atoms with Crippen molar-refractivity contribution in [2.75, 3.05) is 28.4 Å². The maximum Gasteiger partial charge on any atom is 1.00 e. The van der Waals surface area contributed by atoms with Crippen molar-refractivity contribution in [3.05, 3.63) is 69.3 Å². The Bertz CT molecular complexity index is 1590. The Morgan fingerprint density at radius 1 is 0.745 bits per heavy atom. The van der Waals surface area contributed by atoms with E-state index in [1.165, 1.54) is 7.11 Å². The van der Waals surface area contributed by atoms with Gasteiger partial charge in [-0.3, -0.25) is 10.2 Å². The molecule has 0 aliphatic carbocycles. The van der Waals surface area contributed by atoms with Crippen molar-refractivity contribution in [3.8, 4) is 22.8 Å². The molecule has 47 heavy (non-hydrogen) atoms. The van der Waals surface area contributed by atoms with Crippen LogP contribution in [-0.4, -0.2) is 86.4 Å². The standard InChI is InChI=1S/C16H21N3O3.C15H19N3O3.CH4O.Na.H2O/c1-9(2)11-6-10(3)12(7-13(11)16(20)22-5)15-17-14(8-21-4)18-19-15;1-8(2)10-5-9(3)11(6-12(10)15(19)20)14-16-13(7-21-4)17-18-14;1-2;;/h6-7,9H,8H2,1-5H3,(H,17,18,19);5-6,8H,7H2,1-4H3,(H,19,20)(H,16,17,18);2H,1H3;;1H2/q;;;+1;/p-1. The minimum atomic E-state index is -0.937. The number of esters is 1. The zero-order valence-corrected chi connectivity index (χ0v) is 31.1. The Kier molecular flexibility index (Phi) is 19.1. The van der Waals surface area contributed by atoms with Crippen LogP contribution in [-0.2, 0) is 27.4 Å². The Morgan fingerprint density at radius 2 is 1.13 bits per heavy atom. The molecular formula is C32H45N6NaO8. The molecule has 0 spiro atoms. The van der Waals surface area contributed by atoms with Crippen molar-refractivity contribution in [3.63, 3.8) is 0 Å². The number of aliphatic hydroxyl groups is 1. The van der Waals surface area contributed by atoms with Gasteiger partial charge >= 0.3 is 41.5 Å². The molecule has 0 unspecified atom stereocenters. The predicted molar refractivity (Wildman–Crippen MR) is 171 cm³/mol. The first-order valence-electron chi connectivity index (χ1n) is 14.3. The second-order valence-electron chi connectivity index (χ2n) is 10.7.